The normalized spacial score (nSPS) is 20.7. The summed E-state index contributed by atoms with van der Waals surface area (Å²) in [5, 5.41) is 11.8. The van der Waals surface area contributed by atoms with Crippen molar-refractivity contribution in [2.75, 3.05) is 13.2 Å². The predicted octanol–water partition coefficient (Wildman–Crippen LogP) is 2.08. The average Bonchev–Trinajstić information content (AvgIpc) is 2.85. The van der Waals surface area contributed by atoms with Crippen molar-refractivity contribution in [1.82, 2.24) is 20.3 Å². The zero-order valence-corrected chi connectivity index (χ0v) is 12.4. The molecule has 0 amide bonds. The molecule has 1 N–H and O–H groups in total. The topological polar surface area (TPSA) is 52.0 Å². The fourth-order valence-electron chi connectivity index (χ4n) is 2.22. The van der Waals surface area contributed by atoms with Crippen LogP contribution < -0.4 is 5.32 Å². The van der Waals surface area contributed by atoms with Gasteiger partial charge in [0.05, 0.1) is 23.5 Å². The first-order valence-corrected chi connectivity index (χ1v) is 7.30. The van der Waals surface area contributed by atoms with E-state index in [1.807, 2.05) is 10.9 Å². The predicted molar refractivity (Wildman–Crippen MR) is 74.9 cm³/mol. The molecule has 0 aliphatic carbocycles. The molecule has 1 fully saturated rings. The van der Waals surface area contributed by atoms with Gasteiger partial charge in [0.2, 0.25) is 0 Å². The maximum atomic E-state index is 5.71. The summed E-state index contributed by atoms with van der Waals surface area (Å²) in [6.45, 7) is 9.07. The first-order chi connectivity index (χ1) is 9.05. The molecule has 0 radical (unpaired) electrons. The van der Waals surface area contributed by atoms with Gasteiger partial charge in [-0.1, -0.05) is 5.21 Å². The molecule has 1 saturated heterocycles. The van der Waals surface area contributed by atoms with Crippen LogP contribution in [0.4, 0.5) is 0 Å². The fourth-order valence-corrected chi connectivity index (χ4v) is 2.22. The van der Waals surface area contributed by atoms with Crippen molar-refractivity contribution in [2.45, 2.75) is 64.6 Å². The Morgan fingerprint density at radius 2 is 2.26 bits per heavy atom. The van der Waals surface area contributed by atoms with Crippen molar-refractivity contribution in [3.63, 3.8) is 0 Å². The van der Waals surface area contributed by atoms with Crippen LogP contribution in [0.2, 0.25) is 0 Å². The van der Waals surface area contributed by atoms with E-state index in [0.717, 1.165) is 31.8 Å². The highest BCUT2D eigenvalue weighted by Gasteiger charge is 2.15. The Balaban J connectivity index is 1.66. The van der Waals surface area contributed by atoms with E-state index in [1.165, 1.54) is 19.3 Å². The van der Waals surface area contributed by atoms with Crippen molar-refractivity contribution in [2.24, 2.45) is 0 Å². The molecule has 108 valence electrons. The Labute approximate surface area is 115 Å². The van der Waals surface area contributed by atoms with Crippen molar-refractivity contribution in [1.29, 1.82) is 0 Å². The maximum absolute atomic E-state index is 5.71. The van der Waals surface area contributed by atoms with E-state index >= 15 is 0 Å². The number of ether oxygens (including phenoxy) is 1. The monoisotopic (exact) mass is 266 g/mol. The lowest BCUT2D eigenvalue weighted by atomic mass is 10.1. The number of nitrogens with one attached hydrogen (secondary N) is 1. The van der Waals surface area contributed by atoms with E-state index < -0.39 is 0 Å². The third kappa shape index (κ3) is 4.58. The van der Waals surface area contributed by atoms with Crippen LogP contribution in [-0.4, -0.2) is 34.2 Å². The lowest BCUT2D eigenvalue weighted by molar-refractivity contribution is 0.0115. The summed E-state index contributed by atoms with van der Waals surface area (Å²) in [7, 11) is 0. The average molecular weight is 266 g/mol. The minimum absolute atomic E-state index is 0.00118. The molecule has 0 spiro atoms. The summed E-state index contributed by atoms with van der Waals surface area (Å²) in [6.07, 6.45) is 7.30. The van der Waals surface area contributed by atoms with Gasteiger partial charge in [-0.3, -0.25) is 0 Å². The van der Waals surface area contributed by atoms with Crippen LogP contribution in [0.25, 0.3) is 0 Å². The lowest BCUT2D eigenvalue weighted by Crippen LogP contribution is -2.25. The summed E-state index contributed by atoms with van der Waals surface area (Å²) in [4.78, 5) is 0. The van der Waals surface area contributed by atoms with Gasteiger partial charge in [0, 0.05) is 13.2 Å². The smallest absolute Gasteiger partial charge is 0.0965 e. The molecule has 5 heteroatoms. The minimum atomic E-state index is 0.00118. The largest absolute Gasteiger partial charge is 0.378 e. The van der Waals surface area contributed by atoms with Gasteiger partial charge in [-0.25, -0.2) is 4.68 Å². The molecular formula is C14H26N4O. The first-order valence-electron chi connectivity index (χ1n) is 7.30. The fraction of sp³-hybridized carbons (Fsp3) is 0.857. The molecule has 1 atom stereocenters. The summed E-state index contributed by atoms with van der Waals surface area (Å²) in [5.74, 6) is 0. The maximum Gasteiger partial charge on any atom is 0.0965 e. The molecule has 1 unspecified atom stereocenters. The van der Waals surface area contributed by atoms with Crippen molar-refractivity contribution in [3.05, 3.63) is 11.9 Å². The summed E-state index contributed by atoms with van der Waals surface area (Å²) in [5.41, 5.74) is 1.00. The van der Waals surface area contributed by atoms with Crippen LogP contribution in [0, 0.1) is 0 Å². The van der Waals surface area contributed by atoms with Gasteiger partial charge in [-0.2, -0.15) is 0 Å². The van der Waals surface area contributed by atoms with Crippen LogP contribution in [0.3, 0.4) is 0 Å². The molecule has 1 aliphatic rings. The highest BCUT2D eigenvalue weighted by atomic mass is 16.5. The molecule has 0 aromatic carbocycles. The molecule has 0 saturated carbocycles. The Morgan fingerprint density at radius 3 is 2.89 bits per heavy atom. The van der Waals surface area contributed by atoms with Gasteiger partial charge in [-0.05, 0) is 53.0 Å². The van der Waals surface area contributed by atoms with Crippen LogP contribution in [0.1, 0.15) is 52.1 Å². The highest BCUT2D eigenvalue weighted by molar-refractivity contribution is 4.94. The van der Waals surface area contributed by atoms with E-state index in [-0.39, 0.29) is 5.54 Å². The van der Waals surface area contributed by atoms with Crippen LogP contribution in [0.15, 0.2) is 6.20 Å². The Hall–Kier alpha value is -0.940. The van der Waals surface area contributed by atoms with Gasteiger partial charge in [-0.15, -0.1) is 5.10 Å². The molecule has 2 heterocycles. The standard InChI is InChI=1S/C14H26N4O/c1-14(2,3)18-11-12(16-17-18)10-15-8-7-13-6-4-5-9-19-13/h11,13,15H,4-10H2,1-3H3. The molecule has 1 aromatic heterocycles. The van der Waals surface area contributed by atoms with E-state index in [1.54, 1.807) is 0 Å². The van der Waals surface area contributed by atoms with Gasteiger partial charge >= 0.3 is 0 Å². The Morgan fingerprint density at radius 1 is 1.42 bits per heavy atom. The van der Waals surface area contributed by atoms with E-state index in [0.29, 0.717) is 6.10 Å². The van der Waals surface area contributed by atoms with Crippen molar-refractivity contribution in [3.8, 4) is 0 Å². The summed E-state index contributed by atoms with van der Waals surface area (Å²) < 4.78 is 7.62. The van der Waals surface area contributed by atoms with E-state index in [4.69, 9.17) is 4.74 Å². The quantitative estimate of drug-likeness (QED) is 0.829. The SMILES string of the molecule is CC(C)(C)n1cc(CNCCC2CCCCO2)nn1. The van der Waals surface area contributed by atoms with E-state index in [9.17, 15) is 0 Å². The van der Waals surface area contributed by atoms with Gasteiger partial charge in [0.1, 0.15) is 0 Å². The second kappa shape index (κ2) is 6.48. The second-order valence-corrected chi connectivity index (χ2v) is 6.28. The van der Waals surface area contributed by atoms with Crippen LogP contribution in [-0.2, 0) is 16.8 Å². The van der Waals surface area contributed by atoms with E-state index in [2.05, 4.69) is 36.4 Å². The first kappa shape index (κ1) is 14.5. The van der Waals surface area contributed by atoms with Crippen molar-refractivity contribution < 1.29 is 4.74 Å². The lowest BCUT2D eigenvalue weighted by Gasteiger charge is -2.22. The highest BCUT2D eigenvalue weighted by Crippen LogP contribution is 2.15. The Kier molecular flexibility index (Phi) is 4.93. The molecule has 2 rings (SSSR count). The second-order valence-electron chi connectivity index (χ2n) is 6.28. The molecule has 0 bridgehead atoms. The zero-order chi connectivity index (χ0) is 13.7. The molecule has 19 heavy (non-hydrogen) atoms. The van der Waals surface area contributed by atoms with Crippen LogP contribution >= 0.6 is 0 Å². The third-order valence-electron chi connectivity index (χ3n) is 3.45. The number of hydrogen-bond donors (Lipinski definition) is 1. The summed E-state index contributed by atoms with van der Waals surface area (Å²) in [6, 6.07) is 0. The van der Waals surface area contributed by atoms with Gasteiger partial charge in [0.15, 0.2) is 0 Å². The molecular weight excluding hydrogens is 240 g/mol. The van der Waals surface area contributed by atoms with Crippen LogP contribution in [0.5, 0.6) is 0 Å². The zero-order valence-electron chi connectivity index (χ0n) is 12.4. The summed E-state index contributed by atoms with van der Waals surface area (Å²) >= 11 is 0. The number of hydrogen-bond acceptors (Lipinski definition) is 4. The Bertz CT molecular complexity index is 377. The molecule has 1 aliphatic heterocycles. The van der Waals surface area contributed by atoms with Crippen molar-refractivity contribution >= 4 is 0 Å². The number of rotatable bonds is 5. The number of aromatic nitrogens is 3. The number of nitrogens with zero attached hydrogens (tertiary/aromatic N) is 3. The van der Waals surface area contributed by atoms with Gasteiger partial charge < -0.3 is 10.1 Å². The van der Waals surface area contributed by atoms with Gasteiger partial charge in [0.25, 0.3) is 0 Å². The molecule has 5 nitrogen and oxygen atoms in total. The minimum Gasteiger partial charge on any atom is -0.378 e. The third-order valence-corrected chi connectivity index (χ3v) is 3.45. The molecule has 1 aromatic rings.